The number of hydrogen-bond donors (Lipinski definition) is 4. The van der Waals surface area contributed by atoms with Gasteiger partial charge in [0.05, 0.1) is 17.3 Å². The monoisotopic (exact) mass is 616 g/mol. The smallest absolute Gasteiger partial charge is 0.346 e. The van der Waals surface area contributed by atoms with Crippen LogP contribution in [-0.2, 0) is 0 Å². The van der Waals surface area contributed by atoms with Crippen LogP contribution < -0.4 is 21.1 Å². The van der Waals surface area contributed by atoms with Gasteiger partial charge in [-0.25, -0.2) is 4.79 Å². The third-order valence-electron chi connectivity index (χ3n) is 7.61. The molecule has 0 unspecified atom stereocenters. The molecule has 0 spiro atoms. The first-order chi connectivity index (χ1) is 20.9. The number of allylic oxidation sites excluding steroid dienone is 1. The Kier molecular flexibility index (Phi) is 8.94. The maximum atomic E-state index is 13.3. The van der Waals surface area contributed by atoms with Gasteiger partial charge in [-0.2, -0.15) is 0 Å². The second kappa shape index (κ2) is 12.7. The van der Waals surface area contributed by atoms with E-state index in [1.165, 1.54) is 6.07 Å². The predicted molar refractivity (Wildman–Crippen MR) is 171 cm³/mol. The van der Waals surface area contributed by atoms with Gasteiger partial charge in [0.15, 0.2) is 5.65 Å². The number of amides is 2. The quantitative estimate of drug-likeness (QED) is 0.118. The molecular formula is C33H39ClN7O3+. The van der Waals surface area contributed by atoms with Crippen molar-refractivity contribution in [3.63, 3.8) is 0 Å². The average Bonchev–Trinajstić information content (AvgIpc) is 3.39. The highest BCUT2D eigenvalue weighted by molar-refractivity contribution is 6.32. The van der Waals surface area contributed by atoms with Crippen LogP contribution in [0.25, 0.3) is 5.65 Å². The van der Waals surface area contributed by atoms with Gasteiger partial charge in [-0.3, -0.25) is 9.72 Å². The molecule has 6 N–H and O–H groups in total. The molecule has 11 heteroatoms. The number of urea groups is 1. The van der Waals surface area contributed by atoms with E-state index in [1.54, 1.807) is 23.5 Å². The number of carbonyl (C=O) groups excluding carboxylic acids is 1. The molecule has 2 aromatic heterocycles. The Morgan fingerprint density at radius 1 is 1.16 bits per heavy atom. The van der Waals surface area contributed by atoms with Gasteiger partial charge in [0.2, 0.25) is 5.84 Å². The molecule has 44 heavy (non-hydrogen) atoms. The first-order valence-corrected chi connectivity index (χ1v) is 15.1. The summed E-state index contributed by atoms with van der Waals surface area (Å²) in [6.45, 7) is 10.1. The van der Waals surface area contributed by atoms with E-state index in [-0.39, 0.29) is 34.3 Å². The number of rotatable bonds is 6. The van der Waals surface area contributed by atoms with E-state index < -0.39 is 6.03 Å². The number of ether oxygens (including phenoxy) is 1. The molecule has 1 aliphatic rings. The highest BCUT2D eigenvalue weighted by atomic mass is 35.5. The molecule has 5 rings (SSSR count). The van der Waals surface area contributed by atoms with Crippen LogP contribution >= 0.6 is 11.6 Å². The van der Waals surface area contributed by atoms with E-state index in [1.807, 2.05) is 67.8 Å². The zero-order chi connectivity index (χ0) is 31.6. The number of nitrogens with zero attached hydrogens (tertiary/aromatic N) is 4. The van der Waals surface area contributed by atoms with Crippen molar-refractivity contribution in [3.8, 4) is 11.5 Å². The molecule has 0 fully saturated rings. The van der Waals surface area contributed by atoms with Gasteiger partial charge in [-0.15, -0.1) is 15.2 Å². The number of nitrogens with two attached hydrogens (primary N) is 2. The van der Waals surface area contributed by atoms with Crippen molar-refractivity contribution in [1.82, 2.24) is 19.9 Å². The zero-order valence-corrected chi connectivity index (χ0v) is 26.3. The van der Waals surface area contributed by atoms with E-state index in [4.69, 9.17) is 22.1 Å². The van der Waals surface area contributed by atoms with Crippen LogP contribution in [-0.4, -0.2) is 31.6 Å². The molecule has 0 saturated carbocycles. The number of phenolic OH excluding ortho intramolecular Hbond substituents is 1. The Labute approximate surface area is 262 Å². The minimum Gasteiger partial charge on any atom is -0.506 e. The standard InChI is InChI=1S/C33H38ClN7O3/c1-19(2)31-40-39-30-15-11-21(18-41(30)31)44-27-14-13-25(22-8-6-7-9-23(22)27)37-32(43)38-29(17-28(35)33(3,4)5)36-20-10-12-24(34)26(42)16-20/h6-12,15-19,25,27,42H,13-14,35H2,1-5H3,(H2,36,37,38,43)/p+1/b28-17-/t25-,27-/m0/s1. The van der Waals surface area contributed by atoms with Gasteiger partial charge in [0.25, 0.3) is 0 Å². The minimum absolute atomic E-state index is 0.0606. The van der Waals surface area contributed by atoms with E-state index in [2.05, 4.69) is 34.4 Å². The van der Waals surface area contributed by atoms with Gasteiger partial charge >= 0.3 is 6.03 Å². The third kappa shape index (κ3) is 7.03. The number of benzene rings is 2. The summed E-state index contributed by atoms with van der Waals surface area (Å²) in [4.78, 5) is 17.7. The van der Waals surface area contributed by atoms with E-state index in [9.17, 15) is 9.90 Å². The fourth-order valence-corrected chi connectivity index (χ4v) is 5.23. The maximum Gasteiger partial charge on any atom is 0.346 e. The molecule has 1 aliphatic carbocycles. The second-order valence-corrected chi connectivity index (χ2v) is 12.8. The lowest BCUT2D eigenvalue weighted by atomic mass is 9.85. The lowest BCUT2D eigenvalue weighted by molar-refractivity contribution is -0.441. The highest BCUT2D eigenvalue weighted by Gasteiger charge is 2.30. The summed E-state index contributed by atoms with van der Waals surface area (Å²) in [5, 5.41) is 23.6. The van der Waals surface area contributed by atoms with Gasteiger partial charge in [-0.05, 0) is 42.2 Å². The van der Waals surface area contributed by atoms with Crippen LogP contribution in [0.3, 0.4) is 0 Å². The number of hydrogen-bond acceptors (Lipinski definition) is 6. The number of halogens is 1. The number of pyridine rings is 1. The molecule has 0 aliphatic heterocycles. The Balaban J connectivity index is 1.37. The number of aromatic nitrogens is 3. The summed E-state index contributed by atoms with van der Waals surface area (Å²) in [6, 6.07) is 15.9. The van der Waals surface area contributed by atoms with Crippen LogP contribution in [0.2, 0.25) is 5.02 Å². The fourth-order valence-electron chi connectivity index (χ4n) is 5.11. The maximum absolute atomic E-state index is 13.3. The van der Waals surface area contributed by atoms with Crippen molar-refractivity contribution >= 4 is 34.8 Å². The molecule has 0 radical (unpaired) electrons. The molecule has 230 valence electrons. The first-order valence-electron chi connectivity index (χ1n) is 14.7. The molecule has 0 saturated heterocycles. The van der Waals surface area contributed by atoms with Gasteiger partial charge in [0, 0.05) is 35.2 Å². The molecule has 0 bridgehead atoms. The number of fused-ring (bicyclic) bond motifs is 2. The summed E-state index contributed by atoms with van der Waals surface area (Å²) >= 11 is 5.98. The van der Waals surface area contributed by atoms with Crippen LogP contribution in [0.4, 0.5) is 10.5 Å². The highest BCUT2D eigenvalue weighted by Crippen LogP contribution is 2.39. The van der Waals surface area contributed by atoms with Gasteiger partial charge in [0.1, 0.15) is 29.1 Å². The van der Waals surface area contributed by atoms with Gasteiger partial charge < -0.3 is 20.9 Å². The van der Waals surface area contributed by atoms with Crippen LogP contribution in [0, 0.1) is 5.41 Å². The zero-order valence-electron chi connectivity index (χ0n) is 25.6. The molecule has 2 atom stereocenters. The van der Waals surface area contributed by atoms with Crippen molar-refractivity contribution in [2.75, 3.05) is 0 Å². The number of nitrogens with one attached hydrogen (secondary N) is 1. The number of quaternary nitrogens is 1. The normalized spacial score (nSPS) is 17.5. The largest absolute Gasteiger partial charge is 0.506 e. The number of carbonyl (C=O) groups is 1. The number of phenols is 1. The van der Waals surface area contributed by atoms with E-state index >= 15 is 0 Å². The van der Waals surface area contributed by atoms with Crippen LogP contribution in [0.5, 0.6) is 11.5 Å². The van der Waals surface area contributed by atoms with Crippen molar-refractivity contribution < 1.29 is 20.0 Å². The fraction of sp³-hybridized carbons (Fsp3) is 0.333. The molecule has 2 aromatic carbocycles. The molecule has 2 amide bonds. The minimum atomic E-state index is -0.495. The SMILES string of the molecule is CC(C)c1nnc2ccc(O[C@H]3CC[C@H](NC(=O)/N=C(\C=C(/N)C(C)(C)C)[NH2+]c4ccc(Cl)c(O)c4)c4ccccc43)cn12. The predicted octanol–water partition coefficient (Wildman–Crippen LogP) is 6.06. The topological polar surface area (TPSA) is 144 Å². The Morgan fingerprint density at radius 3 is 2.61 bits per heavy atom. The average molecular weight is 617 g/mol. The van der Waals surface area contributed by atoms with Crippen molar-refractivity contribution in [1.29, 1.82) is 0 Å². The first kappa shape index (κ1) is 31.0. The van der Waals surface area contributed by atoms with Crippen LogP contribution in [0.1, 0.15) is 82.5 Å². The summed E-state index contributed by atoms with van der Waals surface area (Å²) in [6.07, 6.45) is 4.80. The molecule has 10 nitrogen and oxygen atoms in total. The van der Waals surface area contributed by atoms with Crippen molar-refractivity contribution in [3.05, 3.63) is 94.5 Å². The van der Waals surface area contributed by atoms with Crippen molar-refractivity contribution in [2.24, 2.45) is 16.1 Å². The van der Waals surface area contributed by atoms with E-state index in [0.29, 0.717) is 30.1 Å². The summed E-state index contributed by atoms with van der Waals surface area (Å²) in [5.74, 6) is 2.12. The summed E-state index contributed by atoms with van der Waals surface area (Å²) in [5.41, 5.74) is 9.98. The molecule has 4 aromatic rings. The molecular weight excluding hydrogens is 578 g/mol. The Hall–Kier alpha value is -4.41. The number of aliphatic imine (C=N–C) groups is 1. The third-order valence-corrected chi connectivity index (χ3v) is 7.93. The summed E-state index contributed by atoms with van der Waals surface area (Å²) < 4.78 is 8.47. The Bertz CT molecular complexity index is 1740. The van der Waals surface area contributed by atoms with Gasteiger partial charge in [-0.1, -0.05) is 70.5 Å². The van der Waals surface area contributed by atoms with E-state index in [0.717, 1.165) is 28.3 Å². The second-order valence-electron chi connectivity index (χ2n) is 12.4. The van der Waals surface area contributed by atoms with Crippen molar-refractivity contribution in [2.45, 2.75) is 65.5 Å². The van der Waals surface area contributed by atoms with Crippen LogP contribution in [0.15, 0.2) is 77.6 Å². The number of amidine groups is 1. The Morgan fingerprint density at radius 2 is 1.91 bits per heavy atom. The molecule has 2 heterocycles. The summed E-state index contributed by atoms with van der Waals surface area (Å²) in [7, 11) is 0. The lowest BCUT2D eigenvalue weighted by Crippen LogP contribution is -2.82. The number of aromatic hydroxyl groups is 1. The lowest BCUT2D eigenvalue weighted by Gasteiger charge is -2.32.